The molecule has 0 saturated carbocycles. The van der Waals surface area contributed by atoms with Crippen molar-refractivity contribution in [2.75, 3.05) is 11.9 Å². The fraction of sp³-hybridized carbons (Fsp3) is 0.462. The van der Waals surface area contributed by atoms with Crippen LogP contribution in [0.3, 0.4) is 0 Å². The zero-order chi connectivity index (χ0) is 13.5. The van der Waals surface area contributed by atoms with Crippen molar-refractivity contribution in [1.82, 2.24) is 0 Å². The van der Waals surface area contributed by atoms with Gasteiger partial charge in [0.25, 0.3) is 0 Å². The van der Waals surface area contributed by atoms with Gasteiger partial charge in [-0.2, -0.15) is 0 Å². The van der Waals surface area contributed by atoms with Crippen LogP contribution in [-0.2, 0) is 4.79 Å². The van der Waals surface area contributed by atoms with E-state index in [1.54, 1.807) is 6.92 Å². The molecule has 0 heterocycles. The van der Waals surface area contributed by atoms with Gasteiger partial charge in [0.15, 0.2) is 0 Å². The molecule has 0 aliphatic heterocycles. The Morgan fingerprint density at radius 2 is 2.21 bits per heavy atom. The Labute approximate surface area is 118 Å². The Hall–Kier alpha value is -1.33. The maximum atomic E-state index is 13.1. The minimum Gasteiger partial charge on any atom is -0.492 e. The highest BCUT2D eigenvalue weighted by Crippen LogP contribution is 2.25. The van der Waals surface area contributed by atoms with Crippen molar-refractivity contribution in [2.45, 2.75) is 32.7 Å². The highest BCUT2D eigenvalue weighted by molar-refractivity contribution is 5.92. The summed E-state index contributed by atoms with van der Waals surface area (Å²) >= 11 is 0. The fourth-order valence-electron chi connectivity index (χ4n) is 1.45. The number of rotatable bonds is 6. The molecule has 0 aliphatic carbocycles. The Morgan fingerprint density at radius 3 is 2.79 bits per heavy atom. The first-order valence-electron chi connectivity index (χ1n) is 6.00. The quantitative estimate of drug-likeness (QED) is 0.847. The molecule has 1 amide bonds. The summed E-state index contributed by atoms with van der Waals surface area (Å²) in [5, 5.41) is 2.69. The third-order valence-electron chi connectivity index (χ3n) is 2.34. The molecular weight excluding hydrogens is 271 g/mol. The first-order chi connectivity index (χ1) is 8.52. The van der Waals surface area contributed by atoms with Crippen LogP contribution < -0.4 is 15.8 Å². The van der Waals surface area contributed by atoms with Crippen molar-refractivity contribution in [2.24, 2.45) is 5.73 Å². The van der Waals surface area contributed by atoms with E-state index < -0.39 is 5.82 Å². The number of amides is 1. The molecule has 108 valence electrons. The normalized spacial score (nSPS) is 11.4. The van der Waals surface area contributed by atoms with E-state index in [4.69, 9.17) is 10.5 Å². The summed E-state index contributed by atoms with van der Waals surface area (Å²) in [7, 11) is 0. The highest BCUT2D eigenvalue weighted by atomic mass is 35.5. The number of carbonyl (C=O) groups is 1. The lowest BCUT2D eigenvalue weighted by Crippen LogP contribution is -2.19. The van der Waals surface area contributed by atoms with Gasteiger partial charge in [-0.1, -0.05) is 0 Å². The van der Waals surface area contributed by atoms with E-state index in [0.717, 1.165) is 0 Å². The van der Waals surface area contributed by atoms with Gasteiger partial charge in [0.2, 0.25) is 5.91 Å². The Morgan fingerprint density at radius 1 is 1.53 bits per heavy atom. The van der Waals surface area contributed by atoms with Gasteiger partial charge in [-0.05, 0) is 32.4 Å². The average molecular weight is 291 g/mol. The van der Waals surface area contributed by atoms with E-state index in [9.17, 15) is 9.18 Å². The molecule has 4 nitrogen and oxygen atoms in total. The van der Waals surface area contributed by atoms with E-state index in [-0.39, 0.29) is 24.4 Å². The smallest absolute Gasteiger partial charge is 0.224 e. The predicted octanol–water partition coefficient (Wildman–Crippen LogP) is 2.71. The van der Waals surface area contributed by atoms with Crippen molar-refractivity contribution >= 4 is 24.0 Å². The summed E-state index contributed by atoms with van der Waals surface area (Å²) in [6.07, 6.45) is 0.942. The van der Waals surface area contributed by atoms with Crippen LogP contribution >= 0.6 is 12.4 Å². The van der Waals surface area contributed by atoms with Gasteiger partial charge in [-0.25, -0.2) is 4.39 Å². The van der Waals surface area contributed by atoms with Crippen molar-refractivity contribution in [1.29, 1.82) is 0 Å². The van der Waals surface area contributed by atoms with Gasteiger partial charge in [0.05, 0.1) is 12.3 Å². The summed E-state index contributed by atoms with van der Waals surface area (Å²) in [6, 6.07) is 4.01. The van der Waals surface area contributed by atoms with Crippen LogP contribution in [-0.4, -0.2) is 18.6 Å². The Kier molecular flexibility index (Phi) is 8.11. The summed E-state index contributed by atoms with van der Waals surface area (Å²) in [5.41, 5.74) is 6.06. The van der Waals surface area contributed by atoms with Crippen LogP contribution in [0, 0.1) is 5.82 Å². The molecule has 1 aromatic carbocycles. The van der Waals surface area contributed by atoms with Gasteiger partial charge >= 0.3 is 0 Å². The number of ether oxygens (including phenoxy) is 1. The summed E-state index contributed by atoms with van der Waals surface area (Å²) in [5.74, 6) is -0.210. The van der Waals surface area contributed by atoms with Gasteiger partial charge in [0.1, 0.15) is 11.6 Å². The first-order valence-corrected chi connectivity index (χ1v) is 6.00. The van der Waals surface area contributed by atoms with Crippen LogP contribution in [0.2, 0.25) is 0 Å². The zero-order valence-electron chi connectivity index (χ0n) is 11.1. The molecule has 19 heavy (non-hydrogen) atoms. The third-order valence-corrected chi connectivity index (χ3v) is 2.34. The van der Waals surface area contributed by atoms with Crippen LogP contribution in [0.4, 0.5) is 10.1 Å². The molecule has 0 aliphatic rings. The Balaban J connectivity index is 0.00000324. The van der Waals surface area contributed by atoms with E-state index in [2.05, 4.69) is 5.32 Å². The van der Waals surface area contributed by atoms with Crippen LogP contribution in [0.25, 0.3) is 0 Å². The molecule has 0 saturated heterocycles. The maximum absolute atomic E-state index is 13.1. The first kappa shape index (κ1) is 17.7. The average Bonchev–Trinajstić information content (AvgIpc) is 2.30. The van der Waals surface area contributed by atoms with Crippen LogP contribution in [0.5, 0.6) is 5.75 Å². The minimum absolute atomic E-state index is 0. The minimum atomic E-state index is -0.396. The molecule has 1 aromatic rings. The van der Waals surface area contributed by atoms with Crippen LogP contribution in [0.15, 0.2) is 18.2 Å². The van der Waals surface area contributed by atoms with Gasteiger partial charge < -0.3 is 15.8 Å². The van der Waals surface area contributed by atoms with E-state index in [1.807, 2.05) is 6.92 Å². The van der Waals surface area contributed by atoms with Gasteiger partial charge in [0, 0.05) is 18.5 Å². The molecule has 3 N–H and O–H groups in total. The fourth-order valence-corrected chi connectivity index (χ4v) is 1.45. The number of nitrogens with two attached hydrogens (primary N) is 1. The lowest BCUT2D eigenvalue weighted by molar-refractivity contribution is -0.116. The molecule has 6 heteroatoms. The van der Waals surface area contributed by atoms with Crippen molar-refractivity contribution < 1.29 is 13.9 Å². The second kappa shape index (κ2) is 8.72. The summed E-state index contributed by atoms with van der Waals surface area (Å²) in [4.78, 5) is 11.6. The molecule has 1 atom stereocenters. The summed E-state index contributed by atoms with van der Waals surface area (Å²) in [6.45, 7) is 4.05. The summed E-state index contributed by atoms with van der Waals surface area (Å²) < 4.78 is 18.3. The molecule has 1 rings (SSSR count). The lowest BCUT2D eigenvalue weighted by Gasteiger charge is -2.12. The highest BCUT2D eigenvalue weighted by Gasteiger charge is 2.09. The third kappa shape index (κ3) is 6.40. The number of halogens is 2. The van der Waals surface area contributed by atoms with Crippen molar-refractivity contribution in [3.05, 3.63) is 24.0 Å². The molecule has 0 aromatic heterocycles. The molecular formula is C13H20ClFN2O2. The molecule has 0 bridgehead atoms. The molecule has 1 unspecified atom stereocenters. The van der Waals surface area contributed by atoms with E-state index in [0.29, 0.717) is 30.9 Å². The topological polar surface area (TPSA) is 64.3 Å². The second-order valence-corrected chi connectivity index (χ2v) is 4.14. The zero-order valence-corrected chi connectivity index (χ0v) is 11.9. The largest absolute Gasteiger partial charge is 0.492 e. The molecule has 0 radical (unpaired) electrons. The van der Waals surface area contributed by atoms with Crippen LogP contribution in [0.1, 0.15) is 26.7 Å². The van der Waals surface area contributed by atoms with Crippen molar-refractivity contribution in [3.63, 3.8) is 0 Å². The van der Waals surface area contributed by atoms with Gasteiger partial charge in [-0.3, -0.25) is 4.79 Å². The molecule has 0 spiro atoms. The Bertz CT molecular complexity index is 414. The van der Waals surface area contributed by atoms with E-state index in [1.165, 1.54) is 18.2 Å². The number of nitrogens with one attached hydrogen (secondary N) is 1. The van der Waals surface area contributed by atoms with Gasteiger partial charge in [-0.15, -0.1) is 12.4 Å². The molecule has 0 fully saturated rings. The lowest BCUT2D eigenvalue weighted by atomic mass is 10.2. The number of hydrogen-bond donors (Lipinski definition) is 2. The number of hydrogen-bond acceptors (Lipinski definition) is 3. The second-order valence-electron chi connectivity index (χ2n) is 4.14. The van der Waals surface area contributed by atoms with E-state index >= 15 is 0 Å². The maximum Gasteiger partial charge on any atom is 0.224 e. The number of anilines is 1. The number of benzene rings is 1. The monoisotopic (exact) mass is 290 g/mol. The number of carbonyl (C=O) groups excluding carboxylic acids is 1. The standard InChI is InChI=1S/C13H19FN2O2.ClH/c1-3-18-12-8-10(14)5-6-11(12)16-13(17)7-4-9(2)15;/h5-6,8-9H,3-4,7,15H2,1-2H3,(H,16,17);1H. The van der Waals surface area contributed by atoms with Crippen molar-refractivity contribution in [3.8, 4) is 5.75 Å². The predicted molar refractivity (Wildman–Crippen MR) is 76.3 cm³/mol. The SMILES string of the molecule is CCOc1cc(F)ccc1NC(=O)CCC(C)N.Cl.